The van der Waals surface area contributed by atoms with E-state index in [9.17, 15) is 4.39 Å². The molecule has 3 N–H and O–H groups in total. The predicted octanol–water partition coefficient (Wildman–Crippen LogP) is 4.30. The first-order chi connectivity index (χ1) is 14.7. The zero-order chi connectivity index (χ0) is 20.8. The number of aliphatic imine (C=N–C) groups is 1. The highest BCUT2D eigenvalue weighted by Gasteiger charge is 2.20. The highest BCUT2D eigenvalue weighted by Crippen LogP contribution is 2.19. The Hall–Kier alpha value is -2.13. The normalized spacial score (nSPS) is 15.6. The first-order valence-corrected chi connectivity index (χ1v) is 10.7. The molecule has 0 unspecified atom stereocenters. The first kappa shape index (κ1) is 23.5. The minimum Gasteiger partial charge on any atom is -0.361 e. The third kappa shape index (κ3) is 6.43. The molecule has 2 heterocycles. The second kappa shape index (κ2) is 11.5. The molecule has 0 atom stereocenters. The van der Waals surface area contributed by atoms with E-state index < -0.39 is 0 Å². The average Bonchev–Trinajstić information content (AvgIpc) is 3.17. The first-order valence-electron chi connectivity index (χ1n) is 10.7. The van der Waals surface area contributed by atoms with Crippen molar-refractivity contribution in [2.45, 2.75) is 31.8 Å². The summed E-state index contributed by atoms with van der Waals surface area (Å²) in [7, 11) is 1.81. The van der Waals surface area contributed by atoms with Crippen molar-refractivity contribution in [3.05, 3.63) is 71.7 Å². The molecule has 1 aromatic heterocycles. The summed E-state index contributed by atoms with van der Waals surface area (Å²) < 4.78 is 13.5. The van der Waals surface area contributed by atoms with Gasteiger partial charge in [-0.15, -0.1) is 24.0 Å². The van der Waals surface area contributed by atoms with Crippen LogP contribution in [0.5, 0.6) is 0 Å². The van der Waals surface area contributed by atoms with Crippen LogP contribution in [0.3, 0.4) is 0 Å². The fraction of sp³-hybridized carbons (Fsp3) is 0.375. The predicted molar refractivity (Wildman–Crippen MR) is 137 cm³/mol. The number of hydrogen-bond donors (Lipinski definition) is 3. The Morgan fingerprint density at radius 2 is 1.94 bits per heavy atom. The third-order valence-electron chi connectivity index (χ3n) is 5.82. The SMILES string of the molecule is CN=C(NCCc1c[nH]c2ccc(F)cc12)NC1CCN(Cc2ccccc2)CC1.I. The summed E-state index contributed by atoms with van der Waals surface area (Å²) in [6.07, 6.45) is 4.98. The maximum atomic E-state index is 13.5. The number of aromatic amines is 1. The van der Waals surface area contributed by atoms with Gasteiger partial charge in [-0.2, -0.15) is 0 Å². The molecule has 1 fully saturated rings. The average molecular weight is 535 g/mol. The van der Waals surface area contributed by atoms with Crippen molar-refractivity contribution >= 4 is 40.8 Å². The van der Waals surface area contributed by atoms with Crippen molar-refractivity contribution < 1.29 is 4.39 Å². The molecule has 0 aliphatic carbocycles. The van der Waals surface area contributed by atoms with E-state index in [0.717, 1.165) is 67.9 Å². The van der Waals surface area contributed by atoms with Crippen LogP contribution in [-0.4, -0.2) is 48.6 Å². The van der Waals surface area contributed by atoms with Crippen LogP contribution in [0, 0.1) is 5.82 Å². The number of aromatic nitrogens is 1. The molecule has 31 heavy (non-hydrogen) atoms. The lowest BCUT2D eigenvalue weighted by Gasteiger charge is -2.33. The van der Waals surface area contributed by atoms with Crippen LogP contribution >= 0.6 is 24.0 Å². The number of piperidine rings is 1. The molecule has 7 heteroatoms. The minimum absolute atomic E-state index is 0. The smallest absolute Gasteiger partial charge is 0.191 e. The summed E-state index contributed by atoms with van der Waals surface area (Å²) in [6.45, 7) is 3.94. The Labute approximate surface area is 200 Å². The molecule has 4 rings (SSSR count). The zero-order valence-electron chi connectivity index (χ0n) is 17.9. The van der Waals surface area contributed by atoms with E-state index in [2.05, 4.69) is 55.8 Å². The number of guanidine groups is 1. The van der Waals surface area contributed by atoms with Gasteiger partial charge in [-0.05, 0) is 48.6 Å². The molecule has 166 valence electrons. The van der Waals surface area contributed by atoms with E-state index >= 15 is 0 Å². The monoisotopic (exact) mass is 535 g/mol. The third-order valence-corrected chi connectivity index (χ3v) is 5.82. The lowest BCUT2D eigenvalue weighted by molar-refractivity contribution is 0.198. The lowest BCUT2D eigenvalue weighted by atomic mass is 10.0. The Kier molecular flexibility index (Phi) is 8.71. The van der Waals surface area contributed by atoms with Crippen molar-refractivity contribution in [2.75, 3.05) is 26.7 Å². The van der Waals surface area contributed by atoms with Gasteiger partial charge in [0.15, 0.2) is 5.96 Å². The fourth-order valence-electron chi connectivity index (χ4n) is 4.14. The molecule has 2 aromatic carbocycles. The van der Waals surface area contributed by atoms with E-state index in [-0.39, 0.29) is 29.8 Å². The van der Waals surface area contributed by atoms with Crippen LogP contribution in [0.4, 0.5) is 4.39 Å². The van der Waals surface area contributed by atoms with Gasteiger partial charge in [-0.3, -0.25) is 9.89 Å². The number of fused-ring (bicyclic) bond motifs is 1. The van der Waals surface area contributed by atoms with Gasteiger partial charge in [-0.1, -0.05) is 30.3 Å². The summed E-state index contributed by atoms with van der Waals surface area (Å²) in [5.74, 6) is 0.634. The second-order valence-corrected chi connectivity index (χ2v) is 7.93. The molecule has 1 aliphatic heterocycles. The molecular formula is C24H31FIN5. The number of halogens is 2. The van der Waals surface area contributed by atoms with Crippen LogP contribution in [-0.2, 0) is 13.0 Å². The van der Waals surface area contributed by atoms with Gasteiger partial charge in [0.2, 0.25) is 0 Å². The van der Waals surface area contributed by atoms with Crippen molar-refractivity contribution in [1.82, 2.24) is 20.5 Å². The Morgan fingerprint density at radius 1 is 1.16 bits per heavy atom. The van der Waals surface area contributed by atoms with E-state index in [1.807, 2.05) is 6.20 Å². The zero-order valence-corrected chi connectivity index (χ0v) is 20.2. The summed E-state index contributed by atoms with van der Waals surface area (Å²) in [5.41, 5.74) is 3.45. The maximum Gasteiger partial charge on any atom is 0.191 e. The van der Waals surface area contributed by atoms with Crippen LogP contribution in [0.15, 0.2) is 59.7 Å². The minimum atomic E-state index is -0.201. The van der Waals surface area contributed by atoms with Gasteiger partial charge in [-0.25, -0.2) is 4.39 Å². The number of nitrogens with zero attached hydrogens (tertiary/aromatic N) is 2. The highest BCUT2D eigenvalue weighted by atomic mass is 127. The lowest BCUT2D eigenvalue weighted by Crippen LogP contribution is -2.48. The number of H-pyrrole nitrogens is 1. The molecule has 3 aromatic rings. The molecule has 5 nitrogen and oxygen atoms in total. The van der Waals surface area contributed by atoms with E-state index in [1.165, 1.54) is 11.6 Å². The molecule has 0 bridgehead atoms. The Bertz CT molecular complexity index is 980. The van der Waals surface area contributed by atoms with Crippen LogP contribution in [0.2, 0.25) is 0 Å². The van der Waals surface area contributed by atoms with Crippen LogP contribution in [0.1, 0.15) is 24.0 Å². The van der Waals surface area contributed by atoms with E-state index in [1.54, 1.807) is 19.2 Å². The van der Waals surface area contributed by atoms with Crippen molar-refractivity contribution in [3.8, 4) is 0 Å². The van der Waals surface area contributed by atoms with Crippen molar-refractivity contribution in [2.24, 2.45) is 4.99 Å². The Morgan fingerprint density at radius 3 is 2.68 bits per heavy atom. The molecule has 0 amide bonds. The molecular weight excluding hydrogens is 504 g/mol. The van der Waals surface area contributed by atoms with E-state index in [4.69, 9.17) is 0 Å². The van der Waals surface area contributed by atoms with Crippen molar-refractivity contribution in [1.29, 1.82) is 0 Å². The molecule has 1 saturated heterocycles. The molecule has 0 radical (unpaired) electrons. The topological polar surface area (TPSA) is 55.5 Å². The highest BCUT2D eigenvalue weighted by molar-refractivity contribution is 14.0. The molecule has 1 aliphatic rings. The Balaban J connectivity index is 0.00000272. The van der Waals surface area contributed by atoms with Gasteiger partial charge in [0.25, 0.3) is 0 Å². The van der Waals surface area contributed by atoms with Crippen molar-refractivity contribution in [3.63, 3.8) is 0 Å². The summed E-state index contributed by atoms with van der Waals surface area (Å²) >= 11 is 0. The number of benzene rings is 2. The molecule has 0 spiro atoms. The maximum absolute atomic E-state index is 13.5. The summed E-state index contributed by atoms with van der Waals surface area (Å²) in [6, 6.07) is 16.0. The fourth-order valence-corrected chi connectivity index (χ4v) is 4.14. The molecule has 0 saturated carbocycles. The van der Waals surface area contributed by atoms with Gasteiger partial charge < -0.3 is 15.6 Å². The standard InChI is InChI=1S/C24H30FN5.HI/c1-26-24(27-12-9-19-16-28-23-8-7-20(25)15-22(19)23)29-21-10-13-30(14-11-21)17-18-5-3-2-4-6-18;/h2-8,15-16,21,28H,9-14,17H2,1H3,(H2,26,27,29);1H. The van der Waals surface area contributed by atoms with Crippen LogP contribution < -0.4 is 10.6 Å². The summed E-state index contributed by atoms with van der Waals surface area (Å²) in [5, 5.41) is 7.91. The summed E-state index contributed by atoms with van der Waals surface area (Å²) in [4.78, 5) is 10.1. The van der Waals surface area contributed by atoms with Crippen LogP contribution in [0.25, 0.3) is 10.9 Å². The number of hydrogen-bond acceptors (Lipinski definition) is 2. The number of nitrogens with one attached hydrogen (secondary N) is 3. The largest absolute Gasteiger partial charge is 0.361 e. The number of likely N-dealkylation sites (tertiary alicyclic amines) is 1. The van der Waals surface area contributed by atoms with Gasteiger partial charge in [0.05, 0.1) is 0 Å². The second-order valence-electron chi connectivity index (χ2n) is 7.93. The van der Waals surface area contributed by atoms with Gasteiger partial charge in [0, 0.05) is 56.4 Å². The number of rotatable bonds is 6. The quantitative estimate of drug-likeness (QED) is 0.251. The van der Waals surface area contributed by atoms with Gasteiger partial charge in [0.1, 0.15) is 5.82 Å². The van der Waals surface area contributed by atoms with Gasteiger partial charge >= 0.3 is 0 Å². The van der Waals surface area contributed by atoms with E-state index in [0.29, 0.717) is 6.04 Å².